The van der Waals surface area contributed by atoms with E-state index in [-0.39, 0.29) is 11.3 Å². The Hall–Kier alpha value is -2.57. The van der Waals surface area contributed by atoms with Crippen LogP contribution in [0.15, 0.2) is 42.5 Å². The van der Waals surface area contributed by atoms with E-state index in [0.29, 0.717) is 5.69 Å². The molecule has 1 N–H and O–H groups in total. The Bertz CT molecular complexity index is 726. The Morgan fingerprint density at radius 1 is 1.09 bits per heavy atom. The molecule has 3 nitrogen and oxygen atoms in total. The third-order valence-corrected chi connectivity index (χ3v) is 3.17. The fourth-order valence-corrected chi connectivity index (χ4v) is 2.04. The van der Waals surface area contributed by atoms with E-state index in [2.05, 4.69) is 5.32 Å². The summed E-state index contributed by atoms with van der Waals surface area (Å²) < 4.78 is 52.1. The fourth-order valence-electron chi connectivity index (χ4n) is 2.04. The number of carbonyl (C=O) groups excluding carboxylic acids is 1. The molecule has 0 saturated carbocycles. The summed E-state index contributed by atoms with van der Waals surface area (Å²) >= 11 is 0. The van der Waals surface area contributed by atoms with Crippen LogP contribution in [-0.4, -0.2) is 20.0 Å². The minimum absolute atomic E-state index is 0.0434. The molecular formula is C16H14F4N2O. The minimum Gasteiger partial charge on any atom is -0.376 e. The van der Waals surface area contributed by atoms with E-state index < -0.39 is 23.5 Å². The summed E-state index contributed by atoms with van der Waals surface area (Å²) in [6.45, 7) is 0. The van der Waals surface area contributed by atoms with Crippen LogP contribution in [0, 0.1) is 5.82 Å². The average Bonchev–Trinajstić information content (AvgIpc) is 2.46. The summed E-state index contributed by atoms with van der Waals surface area (Å²) in [7, 11) is 3.25. The van der Waals surface area contributed by atoms with Crippen molar-refractivity contribution in [1.82, 2.24) is 0 Å². The predicted octanol–water partition coefficient (Wildman–Crippen LogP) is 4.16. The standard InChI is InChI=1S/C16H14F4N2O/c1-22(2)14-8-7-10(16(18,19)20)9-13(14)21-15(23)11-5-3-4-6-12(11)17/h3-9H,1-2H3,(H,21,23). The van der Waals surface area contributed by atoms with Gasteiger partial charge in [-0.25, -0.2) is 4.39 Å². The van der Waals surface area contributed by atoms with Gasteiger partial charge in [0.1, 0.15) is 5.82 Å². The molecule has 0 spiro atoms. The molecule has 0 unspecified atom stereocenters. The number of rotatable bonds is 3. The van der Waals surface area contributed by atoms with Crippen LogP contribution in [0.3, 0.4) is 0 Å². The summed E-state index contributed by atoms with van der Waals surface area (Å²) in [6, 6.07) is 8.25. The van der Waals surface area contributed by atoms with E-state index >= 15 is 0 Å². The molecule has 0 aliphatic rings. The van der Waals surface area contributed by atoms with Gasteiger partial charge >= 0.3 is 6.18 Å². The molecule has 2 aromatic rings. The zero-order chi connectivity index (χ0) is 17.2. The molecular weight excluding hydrogens is 312 g/mol. The molecule has 0 radical (unpaired) electrons. The van der Waals surface area contributed by atoms with Crippen molar-refractivity contribution in [2.75, 3.05) is 24.3 Å². The summed E-state index contributed by atoms with van der Waals surface area (Å²) in [5, 5.41) is 2.34. The normalized spacial score (nSPS) is 11.2. The summed E-state index contributed by atoms with van der Waals surface area (Å²) in [4.78, 5) is 13.7. The van der Waals surface area contributed by atoms with Gasteiger partial charge in [-0.1, -0.05) is 12.1 Å². The lowest BCUT2D eigenvalue weighted by molar-refractivity contribution is -0.137. The highest BCUT2D eigenvalue weighted by molar-refractivity contribution is 6.06. The number of alkyl halides is 3. The maximum absolute atomic E-state index is 13.6. The van der Waals surface area contributed by atoms with Gasteiger partial charge in [-0.3, -0.25) is 4.79 Å². The third-order valence-electron chi connectivity index (χ3n) is 3.17. The van der Waals surface area contributed by atoms with Gasteiger partial charge in [-0.15, -0.1) is 0 Å². The molecule has 0 heterocycles. The highest BCUT2D eigenvalue weighted by Gasteiger charge is 2.31. The summed E-state index contributed by atoms with van der Waals surface area (Å²) in [6.07, 6.45) is -4.54. The van der Waals surface area contributed by atoms with E-state index in [1.165, 1.54) is 24.3 Å². The maximum Gasteiger partial charge on any atom is 0.416 e. The largest absolute Gasteiger partial charge is 0.416 e. The van der Waals surface area contributed by atoms with Gasteiger partial charge in [0.25, 0.3) is 5.91 Å². The summed E-state index contributed by atoms with van der Waals surface area (Å²) in [5.41, 5.74) is -0.803. The van der Waals surface area contributed by atoms with E-state index in [0.717, 1.165) is 18.2 Å². The van der Waals surface area contributed by atoms with Crippen molar-refractivity contribution in [3.8, 4) is 0 Å². The Morgan fingerprint density at radius 2 is 1.74 bits per heavy atom. The van der Waals surface area contributed by atoms with E-state index in [4.69, 9.17) is 0 Å². The van der Waals surface area contributed by atoms with Crippen LogP contribution in [0.4, 0.5) is 28.9 Å². The van der Waals surface area contributed by atoms with Crippen LogP contribution in [0.25, 0.3) is 0 Å². The first-order valence-electron chi connectivity index (χ1n) is 6.64. The first-order valence-corrected chi connectivity index (χ1v) is 6.64. The highest BCUT2D eigenvalue weighted by atomic mass is 19.4. The molecule has 0 aliphatic carbocycles. The van der Waals surface area contributed by atoms with Crippen LogP contribution < -0.4 is 10.2 Å². The molecule has 0 atom stereocenters. The van der Waals surface area contributed by atoms with Crippen LogP contribution >= 0.6 is 0 Å². The maximum atomic E-state index is 13.6. The van der Waals surface area contributed by atoms with E-state index in [1.54, 1.807) is 19.0 Å². The van der Waals surface area contributed by atoms with Gasteiger partial charge in [0, 0.05) is 14.1 Å². The zero-order valence-corrected chi connectivity index (χ0v) is 12.4. The second kappa shape index (κ2) is 6.28. The lowest BCUT2D eigenvalue weighted by Crippen LogP contribution is -2.18. The molecule has 122 valence electrons. The van der Waals surface area contributed by atoms with Gasteiger partial charge < -0.3 is 10.2 Å². The average molecular weight is 326 g/mol. The highest BCUT2D eigenvalue weighted by Crippen LogP contribution is 2.35. The first kappa shape index (κ1) is 16.8. The van der Waals surface area contributed by atoms with Crippen LogP contribution in [0.2, 0.25) is 0 Å². The van der Waals surface area contributed by atoms with Crippen LogP contribution in [0.1, 0.15) is 15.9 Å². The fraction of sp³-hybridized carbons (Fsp3) is 0.188. The van der Waals surface area contributed by atoms with Crippen LogP contribution in [0.5, 0.6) is 0 Å². The monoisotopic (exact) mass is 326 g/mol. The minimum atomic E-state index is -4.54. The Kier molecular flexibility index (Phi) is 4.58. The first-order chi connectivity index (χ1) is 10.7. The van der Waals surface area contributed by atoms with E-state index in [9.17, 15) is 22.4 Å². The Balaban J connectivity index is 2.41. The Labute approximate surface area is 130 Å². The third kappa shape index (κ3) is 3.80. The number of benzene rings is 2. The second-order valence-corrected chi connectivity index (χ2v) is 5.06. The lowest BCUT2D eigenvalue weighted by atomic mass is 10.1. The molecule has 1 amide bonds. The number of nitrogens with zero attached hydrogens (tertiary/aromatic N) is 1. The smallest absolute Gasteiger partial charge is 0.376 e. The zero-order valence-electron chi connectivity index (χ0n) is 12.4. The molecule has 0 bridgehead atoms. The molecule has 0 aromatic heterocycles. The number of nitrogens with one attached hydrogen (secondary N) is 1. The second-order valence-electron chi connectivity index (χ2n) is 5.06. The topological polar surface area (TPSA) is 32.3 Å². The molecule has 0 saturated heterocycles. The van der Waals surface area contributed by atoms with Gasteiger partial charge in [-0.2, -0.15) is 13.2 Å². The van der Waals surface area contributed by atoms with Crippen molar-refractivity contribution in [1.29, 1.82) is 0 Å². The molecule has 0 fully saturated rings. The number of hydrogen-bond donors (Lipinski definition) is 1. The SMILES string of the molecule is CN(C)c1ccc(C(F)(F)F)cc1NC(=O)c1ccccc1F. The number of halogens is 4. The van der Waals surface area contributed by atoms with Crippen molar-refractivity contribution in [3.05, 3.63) is 59.4 Å². The molecule has 2 rings (SSSR count). The van der Waals surface area contributed by atoms with Crippen molar-refractivity contribution in [2.45, 2.75) is 6.18 Å². The lowest BCUT2D eigenvalue weighted by Gasteiger charge is -2.20. The Morgan fingerprint density at radius 3 is 2.30 bits per heavy atom. The van der Waals surface area contributed by atoms with Crippen LogP contribution in [-0.2, 0) is 6.18 Å². The van der Waals surface area contributed by atoms with Gasteiger partial charge in [0.05, 0.1) is 22.5 Å². The molecule has 0 aliphatic heterocycles. The quantitative estimate of drug-likeness (QED) is 0.859. The van der Waals surface area contributed by atoms with Crippen molar-refractivity contribution >= 4 is 17.3 Å². The van der Waals surface area contributed by atoms with Gasteiger partial charge in [0.15, 0.2) is 0 Å². The molecule has 2 aromatic carbocycles. The molecule has 7 heteroatoms. The van der Waals surface area contributed by atoms with Gasteiger partial charge in [-0.05, 0) is 30.3 Å². The number of amides is 1. The van der Waals surface area contributed by atoms with Crippen molar-refractivity contribution < 1.29 is 22.4 Å². The van der Waals surface area contributed by atoms with Crippen molar-refractivity contribution in [3.63, 3.8) is 0 Å². The van der Waals surface area contributed by atoms with Crippen molar-refractivity contribution in [2.24, 2.45) is 0 Å². The molecule has 23 heavy (non-hydrogen) atoms. The number of anilines is 2. The number of carbonyl (C=O) groups is 1. The van der Waals surface area contributed by atoms with E-state index in [1.807, 2.05) is 0 Å². The van der Waals surface area contributed by atoms with Gasteiger partial charge in [0.2, 0.25) is 0 Å². The summed E-state index contributed by atoms with van der Waals surface area (Å²) in [5.74, 6) is -1.56. The predicted molar refractivity (Wildman–Crippen MR) is 80.1 cm³/mol. The number of hydrogen-bond acceptors (Lipinski definition) is 2.